The number of rotatable bonds is 11. The molecular weight excluding hydrogens is 314 g/mol. The van der Waals surface area contributed by atoms with Gasteiger partial charge in [-0.1, -0.05) is 24.9 Å². The normalized spacial score (nSPS) is 23.0. The Labute approximate surface area is 134 Å². The highest BCUT2D eigenvalue weighted by Crippen LogP contribution is 2.28. The summed E-state index contributed by atoms with van der Waals surface area (Å²) in [6.45, 7) is 4.41. The van der Waals surface area contributed by atoms with Crippen LogP contribution in [0, 0.1) is 5.92 Å². The molecule has 4 atom stereocenters. The van der Waals surface area contributed by atoms with Crippen molar-refractivity contribution >= 4 is 29.9 Å². The molecule has 22 heavy (non-hydrogen) atoms. The van der Waals surface area contributed by atoms with E-state index < -0.39 is 23.7 Å². The number of amides is 1. The quantitative estimate of drug-likeness (QED) is 0.262. The molecule has 1 aliphatic heterocycles. The molecule has 1 saturated heterocycles. The van der Waals surface area contributed by atoms with E-state index in [-0.39, 0.29) is 24.9 Å². The van der Waals surface area contributed by atoms with Crippen molar-refractivity contribution in [3.63, 3.8) is 0 Å². The number of ether oxygens (including phenoxy) is 3. The van der Waals surface area contributed by atoms with Gasteiger partial charge in [-0.3, -0.25) is 9.59 Å². The summed E-state index contributed by atoms with van der Waals surface area (Å²) in [7, 11) is 0. The molecule has 0 bridgehead atoms. The molecule has 7 nitrogen and oxygen atoms in total. The third-order valence-corrected chi connectivity index (χ3v) is 3.56. The van der Waals surface area contributed by atoms with Crippen molar-refractivity contribution in [2.45, 2.75) is 50.8 Å². The van der Waals surface area contributed by atoms with Gasteiger partial charge in [-0.15, -0.1) is 0 Å². The Morgan fingerprint density at radius 1 is 1.55 bits per heavy atom. The summed E-state index contributed by atoms with van der Waals surface area (Å²) in [5, 5.41) is 2.27. The number of carbonyl (C=O) groups is 3. The van der Waals surface area contributed by atoms with Crippen LogP contribution in [-0.4, -0.2) is 49.3 Å². The Bertz CT molecular complexity index is 392. The SMILES string of the molecule is CCCCOC[C@@H]1C(=O)O[C@H]1C[C@H](Cl)OC(=O)[C@H](C)NC=O. The van der Waals surface area contributed by atoms with Gasteiger partial charge in [-0.25, -0.2) is 4.79 Å². The van der Waals surface area contributed by atoms with Gasteiger partial charge in [0.2, 0.25) is 6.41 Å². The van der Waals surface area contributed by atoms with Crippen LogP contribution in [0.5, 0.6) is 0 Å². The number of hydrogen-bond donors (Lipinski definition) is 1. The second kappa shape index (κ2) is 9.63. The van der Waals surface area contributed by atoms with Gasteiger partial charge in [0.25, 0.3) is 0 Å². The van der Waals surface area contributed by atoms with E-state index in [1.165, 1.54) is 6.92 Å². The van der Waals surface area contributed by atoms with Gasteiger partial charge in [0.1, 0.15) is 18.1 Å². The summed E-state index contributed by atoms with van der Waals surface area (Å²) in [6, 6.07) is -0.782. The molecule has 1 fully saturated rings. The second-order valence-corrected chi connectivity index (χ2v) is 5.59. The number of alkyl halides is 1. The number of unbranched alkanes of at least 4 members (excludes halogenated alkanes) is 1. The van der Waals surface area contributed by atoms with E-state index in [1.54, 1.807) is 0 Å². The van der Waals surface area contributed by atoms with Crippen LogP contribution in [-0.2, 0) is 28.6 Å². The molecule has 0 aromatic carbocycles. The fourth-order valence-electron chi connectivity index (χ4n) is 1.87. The van der Waals surface area contributed by atoms with Crippen molar-refractivity contribution in [2.75, 3.05) is 13.2 Å². The van der Waals surface area contributed by atoms with Gasteiger partial charge in [0.15, 0.2) is 5.56 Å². The maximum Gasteiger partial charge on any atom is 0.329 e. The van der Waals surface area contributed by atoms with Crippen molar-refractivity contribution in [3.8, 4) is 0 Å². The summed E-state index contributed by atoms with van der Waals surface area (Å²) < 4.78 is 15.4. The van der Waals surface area contributed by atoms with Crippen molar-refractivity contribution in [3.05, 3.63) is 0 Å². The molecule has 8 heteroatoms. The minimum atomic E-state index is -0.931. The summed E-state index contributed by atoms with van der Waals surface area (Å²) in [5.74, 6) is -1.34. The number of esters is 2. The Balaban J connectivity index is 2.31. The average molecular weight is 336 g/mol. The number of carbonyl (C=O) groups excluding carboxylic acids is 3. The fraction of sp³-hybridized carbons (Fsp3) is 0.786. The monoisotopic (exact) mass is 335 g/mol. The molecule has 0 aliphatic carbocycles. The number of halogens is 1. The van der Waals surface area contributed by atoms with Gasteiger partial charge >= 0.3 is 11.9 Å². The van der Waals surface area contributed by atoms with Gasteiger partial charge in [-0.05, 0) is 13.3 Å². The lowest BCUT2D eigenvalue weighted by atomic mass is 9.95. The summed E-state index contributed by atoms with van der Waals surface area (Å²) in [4.78, 5) is 33.2. The predicted octanol–water partition coefficient (Wildman–Crippen LogP) is 0.977. The third kappa shape index (κ3) is 5.81. The molecule has 1 N–H and O–H groups in total. The highest BCUT2D eigenvalue weighted by molar-refractivity contribution is 6.20. The Morgan fingerprint density at radius 2 is 2.27 bits per heavy atom. The van der Waals surface area contributed by atoms with E-state index in [0.717, 1.165) is 12.8 Å². The van der Waals surface area contributed by atoms with Crippen molar-refractivity contribution in [2.24, 2.45) is 5.92 Å². The molecular formula is C14H22ClNO6. The van der Waals surface area contributed by atoms with E-state index in [4.69, 9.17) is 25.8 Å². The van der Waals surface area contributed by atoms with Crippen LogP contribution in [0.25, 0.3) is 0 Å². The molecule has 1 rings (SSSR count). The maximum absolute atomic E-state index is 11.6. The molecule has 0 aromatic heterocycles. The van der Waals surface area contributed by atoms with Crippen molar-refractivity contribution < 1.29 is 28.6 Å². The Hall–Kier alpha value is -1.34. The zero-order chi connectivity index (χ0) is 16.5. The molecule has 1 amide bonds. The van der Waals surface area contributed by atoms with Crippen LogP contribution in [0.15, 0.2) is 0 Å². The van der Waals surface area contributed by atoms with Gasteiger partial charge < -0.3 is 19.5 Å². The van der Waals surface area contributed by atoms with Gasteiger partial charge in [0, 0.05) is 13.0 Å². The summed E-state index contributed by atoms with van der Waals surface area (Å²) in [5.41, 5.74) is -0.931. The predicted molar refractivity (Wildman–Crippen MR) is 78.1 cm³/mol. The molecule has 0 radical (unpaired) electrons. The first-order valence-corrected chi connectivity index (χ1v) is 7.75. The summed E-state index contributed by atoms with van der Waals surface area (Å²) in [6.07, 6.45) is 2.13. The first-order valence-electron chi connectivity index (χ1n) is 7.32. The zero-order valence-corrected chi connectivity index (χ0v) is 13.5. The van der Waals surface area contributed by atoms with Crippen LogP contribution in [0.3, 0.4) is 0 Å². The van der Waals surface area contributed by atoms with Crippen molar-refractivity contribution in [1.82, 2.24) is 5.32 Å². The van der Waals surface area contributed by atoms with Crippen LogP contribution < -0.4 is 5.32 Å². The lowest BCUT2D eigenvalue weighted by molar-refractivity contribution is -0.193. The molecule has 0 aromatic rings. The first kappa shape index (κ1) is 18.7. The fourth-order valence-corrected chi connectivity index (χ4v) is 2.13. The van der Waals surface area contributed by atoms with Crippen LogP contribution >= 0.6 is 11.6 Å². The van der Waals surface area contributed by atoms with E-state index in [9.17, 15) is 14.4 Å². The highest BCUT2D eigenvalue weighted by atomic mass is 35.5. The second-order valence-electron chi connectivity index (χ2n) is 5.10. The minimum absolute atomic E-state index is 0.189. The number of cyclic esters (lactones) is 1. The van der Waals surface area contributed by atoms with Gasteiger partial charge in [-0.2, -0.15) is 0 Å². The van der Waals surface area contributed by atoms with Crippen molar-refractivity contribution in [1.29, 1.82) is 0 Å². The summed E-state index contributed by atoms with van der Waals surface area (Å²) >= 11 is 5.93. The standard InChI is InChI=1S/C14H22ClNO6/c1-3-4-5-20-7-10-11(21-14(10)19)6-12(15)22-13(18)9(2)16-8-17/h8-12H,3-7H2,1-2H3,(H,16,17)/t9-,10-,11-,12+/m0/s1. The van der Waals surface area contributed by atoms with Crippen LogP contribution in [0.4, 0.5) is 0 Å². The maximum atomic E-state index is 11.6. The van der Waals surface area contributed by atoms with Gasteiger partial charge in [0.05, 0.1) is 6.61 Å². The lowest BCUT2D eigenvalue weighted by Crippen LogP contribution is -2.49. The first-order chi connectivity index (χ1) is 10.5. The number of nitrogens with one attached hydrogen (secondary N) is 1. The molecule has 0 unspecified atom stereocenters. The van der Waals surface area contributed by atoms with Crippen LogP contribution in [0.2, 0.25) is 0 Å². The third-order valence-electron chi connectivity index (χ3n) is 3.29. The Morgan fingerprint density at radius 3 is 2.86 bits per heavy atom. The van der Waals surface area contributed by atoms with E-state index in [1.807, 2.05) is 0 Å². The average Bonchev–Trinajstić information content (AvgIpc) is 2.46. The number of hydrogen-bond acceptors (Lipinski definition) is 6. The smallest absolute Gasteiger partial charge is 0.329 e. The van der Waals surface area contributed by atoms with Crippen LogP contribution in [0.1, 0.15) is 33.1 Å². The largest absolute Gasteiger partial charge is 0.461 e. The van der Waals surface area contributed by atoms with E-state index in [2.05, 4.69) is 12.2 Å². The molecule has 126 valence electrons. The highest BCUT2D eigenvalue weighted by Gasteiger charge is 2.44. The Kier molecular flexibility index (Phi) is 8.19. The zero-order valence-electron chi connectivity index (χ0n) is 12.7. The molecule has 0 saturated carbocycles. The molecule has 1 heterocycles. The van der Waals surface area contributed by atoms with E-state index >= 15 is 0 Å². The van der Waals surface area contributed by atoms with E-state index in [0.29, 0.717) is 13.0 Å². The molecule has 0 spiro atoms. The molecule has 1 aliphatic rings. The topological polar surface area (TPSA) is 90.9 Å². The lowest BCUT2D eigenvalue weighted by Gasteiger charge is -2.35. The minimum Gasteiger partial charge on any atom is -0.461 e.